The fourth-order valence-corrected chi connectivity index (χ4v) is 1.97. The lowest BCUT2D eigenvalue weighted by Crippen LogP contribution is -2.35. The highest BCUT2D eigenvalue weighted by Crippen LogP contribution is 2.22. The lowest BCUT2D eigenvalue weighted by Gasteiger charge is -2.29. The van der Waals surface area contributed by atoms with Crippen LogP contribution in [0.5, 0.6) is 5.88 Å². The van der Waals surface area contributed by atoms with Gasteiger partial charge in [0.15, 0.2) is 5.82 Å². The van der Waals surface area contributed by atoms with Crippen molar-refractivity contribution < 1.29 is 4.74 Å². The number of aromatic nitrogens is 2. The Morgan fingerprint density at radius 3 is 2.88 bits per heavy atom. The summed E-state index contributed by atoms with van der Waals surface area (Å²) in [7, 11) is 2.11. The zero-order valence-corrected chi connectivity index (χ0v) is 10.8. The predicted octanol–water partition coefficient (Wildman–Crippen LogP) is 1.29. The molecule has 16 heavy (non-hydrogen) atoms. The molecule has 1 aliphatic heterocycles. The van der Waals surface area contributed by atoms with E-state index in [-0.39, 0.29) is 6.10 Å². The van der Waals surface area contributed by atoms with Crippen molar-refractivity contribution in [1.82, 2.24) is 14.9 Å². The Kier molecular flexibility index (Phi) is 3.60. The predicted molar refractivity (Wildman–Crippen MR) is 65.3 cm³/mol. The van der Waals surface area contributed by atoms with Crippen molar-refractivity contribution >= 4 is 21.7 Å². The van der Waals surface area contributed by atoms with Gasteiger partial charge in [-0.15, -0.1) is 0 Å². The monoisotopic (exact) mass is 286 g/mol. The first-order valence-electron chi connectivity index (χ1n) is 5.28. The third-order valence-electron chi connectivity index (χ3n) is 2.68. The minimum absolute atomic E-state index is 0.196. The van der Waals surface area contributed by atoms with Gasteiger partial charge in [-0.3, -0.25) is 0 Å². The van der Waals surface area contributed by atoms with E-state index in [2.05, 4.69) is 37.8 Å². The average molecular weight is 287 g/mol. The van der Waals surface area contributed by atoms with E-state index < -0.39 is 0 Å². The number of hydrogen-bond acceptors (Lipinski definition) is 5. The van der Waals surface area contributed by atoms with Crippen LogP contribution in [0.3, 0.4) is 0 Å². The van der Waals surface area contributed by atoms with Gasteiger partial charge in [-0.2, -0.15) is 0 Å². The van der Waals surface area contributed by atoms with Crippen LogP contribution in [0.1, 0.15) is 12.8 Å². The zero-order chi connectivity index (χ0) is 11.5. The highest BCUT2D eigenvalue weighted by Gasteiger charge is 2.19. The first kappa shape index (κ1) is 11.6. The van der Waals surface area contributed by atoms with Crippen LogP contribution in [0.15, 0.2) is 10.8 Å². The van der Waals surface area contributed by atoms with Crippen LogP contribution < -0.4 is 10.5 Å². The Morgan fingerprint density at radius 2 is 2.19 bits per heavy atom. The number of piperidine rings is 1. The van der Waals surface area contributed by atoms with Crippen molar-refractivity contribution in [2.24, 2.45) is 0 Å². The van der Waals surface area contributed by atoms with E-state index in [1.54, 1.807) is 6.20 Å². The van der Waals surface area contributed by atoms with E-state index in [0.29, 0.717) is 16.3 Å². The highest BCUT2D eigenvalue weighted by atomic mass is 79.9. The smallest absolute Gasteiger partial charge is 0.258 e. The second-order valence-corrected chi connectivity index (χ2v) is 4.82. The van der Waals surface area contributed by atoms with Crippen LogP contribution in [0.2, 0.25) is 0 Å². The van der Waals surface area contributed by atoms with Gasteiger partial charge in [-0.05, 0) is 35.8 Å². The Balaban J connectivity index is 2.00. The van der Waals surface area contributed by atoms with Gasteiger partial charge in [0.05, 0.1) is 6.20 Å². The third kappa shape index (κ3) is 2.82. The normalized spacial score (nSPS) is 18.6. The number of likely N-dealkylation sites (tertiary alicyclic amines) is 1. The van der Waals surface area contributed by atoms with E-state index in [0.717, 1.165) is 25.9 Å². The average Bonchev–Trinajstić information content (AvgIpc) is 2.27. The molecule has 0 amide bonds. The fourth-order valence-electron chi connectivity index (χ4n) is 1.71. The second-order valence-electron chi connectivity index (χ2n) is 4.00. The number of hydrogen-bond donors (Lipinski definition) is 1. The summed E-state index contributed by atoms with van der Waals surface area (Å²) in [4.78, 5) is 10.5. The van der Waals surface area contributed by atoms with Crippen LogP contribution >= 0.6 is 15.9 Å². The van der Waals surface area contributed by atoms with E-state index in [9.17, 15) is 0 Å². The fraction of sp³-hybridized carbons (Fsp3) is 0.600. The maximum atomic E-state index is 5.76. The molecule has 2 heterocycles. The van der Waals surface area contributed by atoms with Gasteiger partial charge in [0.1, 0.15) is 10.7 Å². The molecule has 0 atom stereocenters. The molecule has 5 nitrogen and oxygen atoms in total. The number of nitrogens with two attached hydrogens (primary N) is 1. The number of nitrogens with zero attached hydrogens (tertiary/aromatic N) is 3. The minimum atomic E-state index is 0.196. The molecule has 0 radical (unpaired) electrons. The molecule has 1 fully saturated rings. The van der Waals surface area contributed by atoms with Crippen LogP contribution in [0, 0.1) is 0 Å². The molecule has 2 rings (SSSR count). The molecule has 0 spiro atoms. The second kappa shape index (κ2) is 4.97. The first-order valence-corrected chi connectivity index (χ1v) is 6.07. The van der Waals surface area contributed by atoms with Crippen molar-refractivity contribution in [3.8, 4) is 5.88 Å². The number of rotatable bonds is 2. The topological polar surface area (TPSA) is 64.3 Å². The van der Waals surface area contributed by atoms with Crippen molar-refractivity contribution in [3.63, 3.8) is 0 Å². The van der Waals surface area contributed by atoms with Crippen LogP contribution in [0.25, 0.3) is 0 Å². The molecule has 0 unspecified atom stereocenters. The summed E-state index contributed by atoms with van der Waals surface area (Å²) < 4.78 is 6.40. The summed E-state index contributed by atoms with van der Waals surface area (Å²) >= 11 is 3.25. The molecule has 0 aliphatic carbocycles. The molecule has 0 saturated carbocycles. The first-order chi connectivity index (χ1) is 7.65. The lowest BCUT2D eigenvalue weighted by molar-refractivity contribution is 0.110. The van der Waals surface area contributed by atoms with E-state index in [1.165, 1.54) is 0 Å². The Morgan fingerprint density at radius 1 is 1.50 bits per heavy atom. The SMILES string of the molecule is CN1CCC(Oc2nc(Br)cnc2N)CC1. The quantitative estimate of drug-likeness (QED) is 0.888. The largest absolute Gasteiger partial charge is 0.472 e. The van der Waals surface area contributed by atoms with Crippen molar-refractivity contribution in [2.75, 3.05) is 25.9 Å². The Labute approximate surface area is 103 Å². The zero-order valence-electron chi connectivity index (χ0n) is 9.19. The maximum Gasteiger partial charge on any atom is 0.258 e. The summed E-state index contributed by atoms with van der Waals surface area (Å²) in [6.45, 7) is 2.10. The van der Waals surface area contributed by atoms with E-state index in [1.807, 2.05) is 0 Å². The van der Waals surface area contributed by atoms with Crippen molar-refractivity contribution in [2.45, 2.75) is 18.9 Å². The molecule has 0 bridgehead atoms. The third-order valence-corrected chi connectivity index (χ3v) is 3.06. The van der Waals surface area contributed by atoms with Gasteiger partial charge in [0, 0.05) is 13.1 Å². The summed E-state index contributed by atoms with van der Waals surface area (Å²) in [5.41, 5.74) is 5.70. The summed E-state index contributed by atoms with van der Waals surface area (Å²) in [6, 6.07) is 0. The maximum absolute atomic E-state index is 5.76. The van der Waals surface area contributed by atoms with Gasteiger partial charge in [0.2, 0.25) is 0 Å². The highest BCUT2D eigenvalue weighted by molar-refractivity contribution is 9.10. The van der Waals surface area contributed by atoms with Gasteiger partial charge in [-0.25, -0.2) is 9.97 Å². The van der Waals surface area contributed by atoms with Gasteiger partial charge < -0.3 is 15.4 Å². The number of ether oxygens (including phenoxy) is 1. The summed E-state index contributed by atoms with van der Waals surface area (Å²) in [5, 5.41) is 0. The molecule has 1 aliphatic rings. The summed E-state index contributed by atoms with van der Waals surface area (Å²) in [6.07, 6.45) is 3.77. The Hall–Kier alpha value is -0.880. The molecular weight excluding hydrogens is 272 g/mol. The van der Waals surface area contributed by atoms with Crippen molar-refractivity contribution in [3.05, 3.63) is 10.8 Å². The standard InChI is InChI=1S/C10H15BrN4O/c1-15-4-2-7(3-5-15)16-10-9(12)13-6-8(11)14-10/h6-7H,2-5H2,1H3,(H2,12,13). The minimum Gasteiger partial charge on any atom is -0.472 e. The van der Waals surface area contributed by atoms with Gasteiger partial charge in [0.25, 0.3) is 5.88 Å². The molecule has 6 heteroatoms. The Bertz CT molecular complexity index is 366. The van der Waals surface area contributed by atoms with Gasteiger partial charge >= 0.3 is 0 Å². The molecule has 1 aromatic rings. The van der Waals surface area contributed by atoms with Crippen LogP contribution in [-0.4, -0.2) is 41.1 Å². The molecular formula is C10H15BrN4O. The van der Waals surface area contributed by atoms with Crippen LogP contribution in [0.4, 0.5) is 5.82 Å². The lowest BCUT2D eigenvalue weighted by atomic mass is 10.1. The van der Waals surface area contributed by atoms with Crippen molar-refractivity contribution in [1.29, 1.82) is 0 Å². The number of halogens is 1. The number of nitrogen functional groups attached to an aromatic ring is 1. The molecule has 0 aromatic carbocycles. The molecule has 1 saturated heterocycles. The van der Waals surface area contributed by atoms with E-state index >= 15 is 0 Å². The molecule has 88 valence electrons. The van der Waals surface area contributed by atoms with E-state index in [4.69, 9.17) is 10.5 Å². The summed E-state index contributed by atoms with van der Waals surface area (Å²) in [5.74, 6) is 0.783. The van der Waals surface area contributed by atoms with Gasteiger partial charge in [-0.1, -0.05) is 0 Å². The van der Waals surface area contributed by atoms with Crippen LogP contribution in [-0.2, 0) is 0 Å². The molecule has 2 N–H and O–H groups in total. The number of anilines is 1. The molecule has 1 aromatic heterocycles.